The van der Waals surface area contributed by atoms with Crippen LogP contribution in [-0.2, 0) is 0 Å². The lowest BCUT2D eigenvalue weighted by molar-refractivity contribution is 1.45. The van der Waals surface area contributed by atoms with Crippen molar-refractivity contribution in [1.29, 1.82) is 0 Å². The number of rotatable bonds is 1. The van der Waals surface area contributed by atoms with Crippen molar-refractivity contribution in [1.82, 2.24) is 0 Å². The van der Waals surface area contributed by atoms with Crippen LogP contribution in [0.15, 0.2) is 23.4 Å². The molecule has 0 saturated heterocycles. The van der Waals surface area contributed by atoms with E-state index in [4.69, 9.17) is 0 Å². The summed E-state index contributed by atoms with van der Waals surface area (Å²) in [7, 11) is -0.449. The monoisotopic (exact) mass is 124 g/mol. The lowest BCUT2D eigenvalue weighted by Crippen LogP contribution is -2.00. The summed E-state index contributed by atoms with van der Waals surface area (Å²) in [4.78, 5) is 0. The topological polar surface area (TPSA) is 0 Å². The zero-order chi connectivity index (χ0) is 5.98. The average Bonchev–Trinajstić information content (AvgIpc) is 2.12. The first kappa shape index (κ1) is 5.83. The van der Waals surface area contributed by atoms with E-state index >= 15 is 0 Å². The van der Waals surface area contributed by atoms with Gasteiger partial charge < -0.3 is 0 Å². The van der Waals surface area contributed by atoms with Gasteiger partial charge in [-0.2, -0.15) is 0 Å². The maximum atomic E-state index is 2.36. The first-order chi connectivity index (χ1) is 3.80. The second-order valence-corrected chi connectivity index (χ2v) is 5.47. The Morgan fingerprint density at radius 1 is 1.50 bits per heavy atom. The first-order valence-corrected chi connectivity index (χ1v) is 6.06. The zero-order valence-corrected chi connectivity index (χ0v) is 6.67. The minimum absolute atomic E-state index is 0.449. The molecule has 0 heterocycles. The molecule has 1 rings (SSSR count). The standard InChI is InChI=1S/C7H12Si/c1-8(2)7-5-3-4-6-7/h3,5-6,8H,4H2,1-2H3. The molecule has 0 atom stereocenters. The average molecular weight is 124 g/mol. The van der Waals surface area contributed by atoms with Crippen molar-refractivity contribution in [2.24, 2.45) is 0 Å². The van der Waals surface area contributed by atoms with Crippen LogP contribution in [0.5, 0.6) is 0 Å². The Bertz CT molecular complexity index is 131. The summed E-state index contributed by atoms with van der Waals surface area (Å²) in [6.07, 6.45) is 8.04. The summed E-state index contributed by atoms with van der Waals surface area (Å²) in [5.41, 5.74) is 0. The van der Waals surface area contributed by atoms with Crippen LogP contribution in [-0.4, -0.2) is 8.80 Å². The Morgan fingerprint density at radius 3 is 2.50 bits per heavy atom. The largest absolute Gasteiger partial charge is 0.0818 e. The summed E-state index contributed by atoms with van der Waals surface area (Å²) in [5, 5.41) is 1.63. The van der Waals surface area contributed by atoms with E-state index in [1.165, 1.54) is 6.42 Å². The van der Waals surface area contributed by atoms with Crippen molar-refractivity contribution in [3.8, 4) is 0 Å². The molecule has 1 aliphatic rings. The molecule has 0 nitrogen and oxygen atoms in total. The fraction of sp³-hybridized carbons (Fsp3) is 0.429. The molecule has 0 fully saturated rings. The highest BCUT2D eigenvalue weighted by Gasteiger charge is 2.01. The van der Waals surface area contributed by atoms with Crippen LogP contribution in [0.2, 0.25) is 13.1 Å². The lowest BCUT2D eigenvalue weighted by atomic mass is 10.5. The minimum Gasteiger partial charge on any atom is -0.0818 e. The van der Waals surface area contributed by atoms with Crippen molar-refractivity contribution < 1.29 is 0 Å². The van der Waals surface area contributed by atoms with Gasteiger partial charge in [0.25, 0.3) is 0 Å². The van der Waals surface area contributed by atoms with Crippen LogP contribution < -0.4 is 0 Å². The molecule has 0 bridgehead atoms. The first-order valence-electron chi connectivity index (χ1n) is 3.17. The van der Waals surface area contributed by atoms with Gasteiger partial charge in [0.05, 0.1) is 8.80 Å². The van der Waals surface area contributed by atoms with E-state index in [1.54, 1.807) is 5.20 Å². The molecule has 1 heteroatoms. The zero-order valence-electron chi connectivity index (χ0n) is 5.52. The van der Waals surface area contributed by atoms with Gasteiger partial charge in [-0.1, -0.05) is 36.5 Å². The Morgan fingerprint density at radius 2 is 2.25 bits per heavy atom. The maximum Gasteiger partial charge on any atom is 0.0643 e. The predicted molar refractivity (Wildman–Crippen MR) is 40.7 cm³/mol. The normalized spacial score (nSPS) is 17.6. The molecule has 0 radical (unpaired) electrons. The fourth-order valence-corrected chi connectivity index (χ4v) is 2.03. The van der Waals surface area contributed by atoms with Crippen molar-refractivity contribution in [3.63, 3.8) is 0 Å². The molecule has 0 unspecified atom stereocenters. The van der Waals surface area contributed by atoms with Gasteiger partial charge in [0.15, 0.2) is 0 Å². The highest BCUT2D eigenvalue weighted by atomic mass is 28.3. The summed E-state index contributed by atoms with van der Waals surface area (Å²) in [6, 6.07) is 0. The molecule has 1 aliphatic carbocycles. The van der Waals surface area contributed by atoms with Gasteiger partial charge in [0.1, 0.15) is 0 Å². The molecule has 0 N–H and O–H groups in total. The van der Waals surface area contributed by atoms with Crippen LogP contribution >= 0.6 is 0 Å². The van der Waals surface area contributed by atoms with Crippen molar-refractivity contribution in [2.75, 3.05) is 0 Å². The molecule has 8 heavy (non-hydrogen) atoms. The number of hydrogen-bond acceptors (Lipinski definition) is 0. The van der Waals surface area contributed by atoms with E-state index < -0.39 is 8.80 Å². The summed E-state index contributed by atoms with van der Waals surface area (Å²) < 4.78 is 0. The van der Waals surface area contributed by atoms with Crippen LogP contribution in [0, 0.1) is 0 Å². The third kappa shape index (κ3) is 1.10. The van der Waals surface area contributed by atoms with E-state index in [-0.39, 0.29) is 0 Å². The van der Waals surface area contributed by atoms with E-state index in [1.807, 2.05) is 0 Å². The number of hydrogen-bond donors (Lipinski definition) is 0. The van der Waals surface area contributed by atoms with Crippen LogP contribution in [0.1, 0.15) is 6.42 Å². The Labute approximate surface area is 52.5 Å². The van der Waals surface area contributed by atoms with Gasteiger partial charge in [-0.25, -0.2) is 0 Å². The fourth-order valence-electron chi connectivity index (χ4n) is 0.904. The predicted octanol–water partition coefficient (Wildman–Crippen LogP) is 1.90. The molecule has 0 amide bonds. The molecule has 0 saturated carbocycles. The summed E-state index contributed by atoms with van der Waals surface area (Å²) in [6.45, 7) is 4.73. The Kier molecular flexibility index (Phi) is 1.68. The van der Waals surface area contributed by atoms with E-state index in [0.717, 1.165) is 0 Å². The molecule has 0 aromatic heterocycles. The van der Waals surface area contributed by atoms with E-state index in [2.05, 4.69) is 31.3 Å². The van der Waals surface area contributed by atoms with Gasteiger partial charge in [-0.15, -0.1) is 0 Å². The van der Waals surface area contributed by atoms with Gasteiger partial charge in [0.2, 0.25) is 0 Å². The van der Waals surface area contributed by atoms with Crippen molar-refractivity contribution >= 4 is 8.80 Å². The molecular weight excluding hydrogens is 112 g/mol. The molecule has 0 aromatic carbocycles. The molecule has 0 aromatic rings. The quantitative estimate of drug-likeness (QED) is 0.468. The molecule has 0 aliphatic heterocycles. The summed E-state index contributed by atoms with van der Waals surface area (Å²) >= 11 is 0. The second kappa shape index (κ2) is 2.31. The highest BCUT2D eigenvalue weighted by molar-refractivity contribution is 6.64. The smallest absolute Gasteiger partial charge is 0.0643 e. The maximum absolute atomic E-state index is 2.36. The third-order valence-corrected chi connectivity index (χ3v) is 3.23. The highest BCUT2D eigenvalue weighted by Crippen LogP contribution is 2.11. The number of allylic oxidation sites excluding steroid dienone is 4. The summed E-state index contributed by atoms with van der Waals surface area (Å²) in [5.74, 6) is 0. The SMILES string of the molecule is C[SiH](C)C1=CCC=C1. The van der Waals surface area contributed by atoms with E-state index in [9.17, 15) is 0 Å². The Hall–Kier alpha value is -0.303. The molecule has 0 spiro atoms. The molecule has 44 valence electrons. The van der Waals surface area contributed by atoms with Gasteiger partial charge in [0, 0.05) is 0 Å². The van der Waals surface area contributed by atoms with Gasteiger partial charge >= 0.3 is 0 Å². The van der Waals surface area contributed by atoms with E-state index in [0.29, 0.717) is 0 Å². The second-order valence-electron chi connectivity index (χ2n) is 2.50. The van der Waals surface area contributed by atoms with Crippen LogP contribution in [0.4, 0.5) is 0 Å². The Balaban J connectivity index is 2.58. The minimum atomic E-state index is -0.449. The third-order valence-electron chi connectivity index (χ3n) is 1.47. The van der Waals surface area contributed by atoms with Crippen LogP contribution in [0.3, 0.4) is 0 Å². The van der Waals surface area contributed by atoms with Crippen molar-refractivity contribution in [2.45, 2.75) is 19.5 Å². The van der Waals surface area contributed by atoms with Crippen LogP contribution in [0.25, 0.3) is 0 Å². The van der Waals surface area contributed by atoms with Gasteiger partial charge in [-0.05, 0) is 6.42 Å². The molecular formula is C7H12Si. The lowest BCUT2D eigenvalue weighted by Gasteiger charge is -1.97. The van der Waals surface area contributed by atoms with Crippen molar-refractivity contribution in [3.05, 3.63) is 23.4 Å². The van der Waals surface area contributed by atoms with Gasteiger partial charge in [-0.3, -0.25) is 0 Å².